The van der Waals surface area contributed by atoms with Crippen LogP contribution in [-0.4, -0.2) is 25.2 Å². The summed E-state index contributed by atoms with van der Waals surface area (Å²) in [4.78, 5) is 0. The van der Waals surface area contributed by atoms with Gasteiger partial charge in [0, 0.05) is 0 Å². The lowest BCUT2D eigenvalue weighted by atomic mass is 10.3. The topological polar surface area (TPSA) is 68.3 Å². The highest BCUT2D eigenvalue weighted by molar-refractivity contribution is 5.81. The lowest BCUT2D eigenvalue weighted by Crippen LogP contribution is -2.28. The van der Waals surface area contributed by atoms with Gasteiger partial charge in [-0.1, -0.05) is 18.2 Å². The molecule has 0 aliphatic carbocycles. The molecule has 82 valence electrons. The molecule has 0 heterocycles. The van der Waals surface area contributed by atoms with Gasteiger partial charge < -0.3 is 15.2 Å². The number of benzene rings is 1. The Bertz CT molecular complexity index is 301. The maximum absolute atomic E-state index is 7.11. The molecule has 15 heavy (non-hydrogen) atoms. The van der Waals surface area contributed by atoms with E-state index in [9.17, 15) is 0 Å². The third-order valence-corrected chi connectivity index (χ3v) is 1.90. The summed E-state index contributed by atoms with van der Waals surface area (Å²) in [5.74, 6) is 0.853. The van der Waals surface area contributed by atoms with Crippen molar-refractivity contribution in [2.24, 2.45) is 5.73 Å². The van der Waals surface area contributed by atoms with Gasteiger partial charge in [-0.2, -0.15) is 0 Å². The maximum Gasteiger partial charge on any atom is 0.120 e. The van der Waals surface area contributed by atoms with E-state index in [1.165, 1.54) is 0 Å². The number of nitrogens with one attached hydrogen (secondary N) is 1. The molecule has 3 N–H and O–H groups in total. The lowest BCUT2D eigenvalue weighted by molar-refractivity contribution is 0.0794. The third kappa shape index (κ3) is 4.46. The first-order valence-corrected chi connectivity index (χ1v) is 4.83. The van der Waals surface area contributed by atoms with Crippen LogP contribution in [0, 0.1) is 5.41 Å². The number of hydrogen-bond acceptors (Lipinski definition) is 3. The fourth-order valence-corrected chi connectivity index (χ4v) is 0.991. The molecule has 0 fully saturated rings. The van der Waals surface area contributed by atoms with E-state index in [0.29, 0.717) is 13.2 Å². The Kier molecular flexibility index (Phi) is 4.63. The zero-order valence-corrected chi connectivity index (χ0v) is 8.77. The second kappa shape index (κ2) is 6.03. The van der Waals surface area contributed by atoms with E-state index in [0.717, 1.165) is 5.75 Å². The SMILES string of the molecule is CC(OCCOc1ccccc1)C(=N)N. The molecule has 0 aromatic heterocycles. The monoisotopic (exact) mass is 208 g/mol. The van der Waals surface area contributed by atoms with Gasteiger partial charge in [0.2, 0.25) is 0 Å². The number of para-hydroxylation sites is 1. The fourth-order valence-electron chi connectivity index (χ4n) is 0.991. The van der Waals surface area contributed by atoms with Crippen molar-refractivity contribution >= 4 is 5.84 Å². The molecule has 0 aliphatic heterocycles. The Morgan fingerprint density at radius 2 is 2.00 bits per heavy atom. The molecule has 0 aliphatic rings. The second-order valence-electron chi connectivity index (χ2n) is 3.13. The van der Waals surface area contributed by atoms with Crippen LogP contribution in [0.5, 0.6) is 5.75 Å². The summed E-state index contributed by atoms with van der Waals surface area (Å²) in [5.41, 5.74) is 5.25. The summed E-state index contributed by atoms with van der Waals surface area (Å²) in [6.45, 7) is 2.63. The Balaban J connectivity index is 2.15. The first-order chi connectivity index (χ1) is 7.20. The van der Waals surface area contributed by atoms with Gasteiger partial charge >= 0.3 is 0 Å². The van der Waals surface area contributed by atoms with Crippen molar-refractivity contribution in [3.8, 4) is 5.75 Å². The summed E-state index contributed by atoms with van der Waals surface area (Å²) in [6, 6.07) is 9.52. The number of amidine groups is 1. The molecule has 1 atom stereocenters. The van der Waals surface area contributed by atoms with E-state index in [4.69, 9.17) is 20.6 Å². The molecule has 0 amide bonds. The van der Waals surface area contributed by atoms with E-state index < -0.39 is 0 Å². The molecule has 0 spiro atoms. The minimum atomic E-state index is -0.343. The van der Waals surface area contributed by atoms with E-state index in [1.54, 1.807) is 6.92 Å². The summed E-state index contributed by atoms with van der Waals surface area (Å²) in [6.07, 6.45) is -0.343. The Morgan fingerprint density at radius 3 is 2.60 bits per heavy atom. The van der Waals surface area contributed by atoms with Crippen LogP contribution in [0.2, 0.25) is 0 Å². The van der Waals surface area contributed by atoms with E-state index in [-0.39, 0.29) is 11.9 Å². The highest BCUT2D eigenvalue weighted by atomic mass is 16.5. The third-order valence-electron chi connectivity index (χ3n) is 1.90. The van der Waals surface area contributed by atoms with Crippen LogP contribution in [0.3, 0.4) is 0 Å². The first-order valence-electron chi connectivity index (χ1n) is 4.83. The van der Waals surface area contributed by atoms with Crippen molar-refractivity contribution in [2.45, 2.75) is 13.0 Å². The van der Waals surface area contributed by atoms with Gasteiger partial charge in [0.05, 0.1) is 6.61 Å². The van der Waals surface area contributed by atoms with Crippen LogP contribution in [0.15, 0.2) is 30.3 Å². The van der Waals surface area contributed by atoms with Gasteiger partial charge in [-0.15, -0.1) is 0 Å². The molecule has 0 saturated heterocycles. The molecule has 1 aromatic carbocycles. The molecular formula is C11H16N2O2. The first kappa shape index (κ1) is 11.5. The number of rotatable bonds is 6. The minimum absolute atomic E-state index is 0.0368. The largest absolute Gasteiger partial charge is 0.491 e. The minimum Gasteiger partial charge on any atom is -0.491 e. The van der Waals surface area contributed by atoms with Crippen LogP contribution < -0.4 is 10.5 Å². The van der Waals surface area contributed by atoms with Crippen LogP contribution in [0.1, 0.15) is 6.92 Å². The van der Waals surface area contributed by atoms with Gasteiger partial charge in [-0.3, -0.25) is 5.41 Å². The van der Waals surface area contributed by atoms with Gasteiger partial charge in [0.1, 0.15) is 24.3 Å². The number of nitrogens with two attached hydrogens (primary N) is 1. The molecule has 0 bridgehead atoms. The van der Waals surface area contributed by atoms with Gasteiger partial charge in [0.15, 0.2) is 0 Å². The molecule has 0 radical (unpaired) electrons. The van der Waals surface area contributed by atoms with Crippen molar-refractivity contribution in [1.82, 2.24) is 0 Å². The zero-order valence-electron chi connectivity index (χ0n) is 8.77. The molecule has 4 heteroatoms. The van der Waals surface area contributed by atoms with Gasteiger partial charge in [-0.25, -0.2) is 0 Å². The fraction of sp³-hybridized carbons (Fsp3) is 0.364. The Morgan fingerprint density at radius 1 is 1.33 bits per heavy atom. The van der Waals surface area contributed by atoms with Gasteiger partial charge in [0.25, 0.3) is 0 Å². The highest BCUT2D eigenvalue weighted by Gasteiger charge is 2.04. The van der Waals surface area contributed by atoms with Crippen molar-refractivity contribution in [3.63, 3.8) is 0 Å². The normalized spacial score (nSPS) is 12.1. The molecule has 1 rings (SSSR count). The summed E-state index contributed by atoms with van der Waals surface area (Å²) in [5, 5.41) is 7.11. The van der Waals surface area contributed by atoms with Crippen LogP contribution in [0.4, 0.5) is 0 Å². The molecule has 0 saturated carbocycles. The van der Waals surface area contributed by atoms with Crippen molar-refractivity contribution in [1.29, 1.82) is 5.41 Å². The van der Waals surface area contributed by atoms with E-state index in [2.05, 4.69) is 0 Å². The smallest absolute Gasteiger partial charge is 0.120 e. The van der Waals surface area contributed by atoms with Gasteiger partial charge in [-0.05, 0) is 19.1 Å². The summed E-state index contributed by atoms with van der Waals surface area (Å²) >= 11 is 0. The van der Waals surface area contributed by atoms with Crippen molar-refractivity contribution in [2.75, 3.05) is 13.2 Å². The molecule has 1 unspecified atom stereocenters. The lowest BCUT2D eigenvalue weighted by Gasteiger charge is -2.11. The predicted molar refractivity (Wildman–Crippen MR) is 59.3 cm³/mol. The van der Waals surface area contributed by atoms with Crippen LogP contribution in [-0.2, 0) is 4.74 Å². The Labute approximate surface area is 89.5 Å². The van der Waals surface area contributed by atoms with Crippen molar-refractivity contribution in [3.05, 3.63) is 30.3 Å². The van der Waals surface area contributed by atoms with E-state index >= 15 is 0 Å². The van der Waals surface area contributed by atoms with Crippen LogP contribution >= 0.6 is 0 Å². The second-order valence-corrected chi connectivity index (χ2v) is 3.13. The Hall–Kier alpha value is -1.55. The summed E-state index contributed by atoms with van der Waals surface area (Å²) < 4.78 is 10.7. The highest BCUT2D eigenvalue weighted by Crippen LogP contribution is 2.07. The van der Waals surface area contributed by atoms with Crippen LogP contribution in [0.25, 0.3) is 0 Å². The standard InChI is InChI=1S/C11H16N2O2/c1-9(11(12)13)14-7-8-15-10-5-3-2-4-6-10/h2-6,9H,7-8H2,1H3,(H3,12,13). The van der Waals surface area contributed by atoms with E-state index in [1.807, 2.05) is 30.3 Å². The number of ether oxygens (including phenoxy) is 2. The van der Waals surface area contributed by atoms with Crippen molar-refractivity contribution < 1.29 is 9.47 Å². The average Bonchev–Trinajstić information content (AvgIpc) is 2.25. The zero-order chi connectivity index (χ0) is 11.1. The molecule has 1 aromatic rings. The average molecular weight is 208 g/mol. The molecule has 4 nitrogen and oxygen atoms in total. The maximum atomic E-state index is 7.11. The quantitative estimate of drug-likeness (QED) is 0.422. The predicted octanol–water partition coefficient (Wildman–Crippen LogP) is 1.41. The number of hydrogen-bond donors (Lipinski definition) is 2. The molecular weight excluding hydrogens is 192 g/mol. The summed E-state index contributed by atoms with van der Waals surface area (Å²) in [7, 11) is 0.